The molecule has 0 bridgehead atoms. The minimum absolute atomic E-state index is 0.0228. The highest BCUT2D eigenvalue weighted by Gasteiger charge is 2.48. The van der Waals surface area contributed by atoms with Gasteiger partial charge in [0, 0.05) is 25.6 Å². The van der Waals surface area contributed by atoms with Crippen molar-refractivity contribution in [1.29, 1.82) is 0 Å². The number of carbonyl (C=O) groups excluding carboxylic acids is 1. The van der Waals surface area contributed by atoms with Crippen LogP contribution >= 0.6 is 0 Å². The Morgan fingerprint density at radius 1 is 1.03 bits per heavy atom. The van der Waals surface area contributed by atoms with Gasteiger partial charge in [0.1, 0.15) is 6.61 Å². The topological polar surface area (TPSA) is 97.8 Å². The van der Waals surface area contributed by atoms with E-state index in [1.165, 1.54) is 0 Å². The zero-order valence-corrected chi connectivity index (χ0v) is 23.1. The number of benzene rings is 2. The number of aliphatic carboxylic acids is 1. The number of unbranched alkanes of at least 4 members (excludes halogenated alkanes) is 2. The van der Waals surface area contributed by atoms with Crippen molar-refractivity contribution in [2.75, 3.05) is 46.7 Å². The van der Waals surface area contributed by atoms with Crippen LogP contribution in [0.3, 0.4) is 0 Å². The molecular formula is C30H40N2O7. The summed E-state index contributed by atoms with van der Waals surface area (Å²) in [6.07, 6.45) is 3.88. The molecule has 9 heteroatoms. The van der Waals surface area contributed by atoms with Crippen LogP contribution < -0.4 is 18.9 Å². The third-order valence-corrected chi connectivity index (χ3v) is 7.59. The summed E-state index contributed by atoms with van der Waals surface area (Å²) in [6, 6.07) is 12.3. The standard InChI is InChI=1S/C30H40N2O7/c1-4-6-14-31(15-7-5-2)28(33)18-32-17-22(21-12-13-26-27(16-21)39-20-38-26)29(30(34)35)23(32)19-37-25-11-9-8-10-24(25)36-3/h8-13,16,22-23,29H,4-7,14-15,17-20H2,1-3H3,(H,34,35)/t22-,23+,29-/m1/s1. The lowest BCUT2D eigenvalue weighted by Crippen LogP contribution is -2.46. The number of amides is 1. The van der Waals surface area contributed by atoms with Gasteiger partial charge in [0.25, 0.3) is 0 Å². The van der Waals surface area contributed by atoms with E-state index in [1.54, 1.807) is 19.2 Å². The molecule has 4 rings (SSSR count). The Morgan fingerprint density at radius 2 is 1.72 bits per heavy atom. The number of rotatable bonds is 14. The average Bonchev–Trinajstić information content (AvgIpc) is 3.56. The van der Waals surface area contributed by atoms with Crippen molar-refractivity contribution in [1.82, 2.24) is 9.80 Å². The van der Waals surface area contributed by atoms with Gasteiger partial charge in [-0.2, -0.15) is 0 Å². The maximum atomic E-state index is 13.5. The number of ether oxygens (including phenoxy) is 4. The molecule has 2 heterocycles. The first-order valence-corrected chi connectivity index (χ1v) is 13.9. The van der Waals surface area contributed by atoms with Gasteiger partial charge in [0.05, 0.1) is 25.6 Å². The molecule has 2 aromatic rings. The molecule has 2 aliphatic heterocycles. The lowest BCUT2D eigenvalue weighted by atomic mass is 9.85. The molecule has 1 amide bonds. The molecule has 2 aliphatic rings. The Morgan fingerprint density at radius 3 is 2.38 bits per heavy atom. The SMILES string of the molecule is CCCCN(CCCC)C(=O)CN1C[C@H](c2ccc3c(c2)OCO3)[C@@H](C(=O)O)[C@@H]1COc1ccccc1OC. The molecule has 1 fully saturated rings. The van der Waals surface area contributed by atoms with Gasteiger partial charge in [-0.15, -0.1) is 0 Å². The van der Waals surface area contributed by atoms with E-state index in [4.69, 9.17) is 18.9 Å². The summed E-state index contributed by atoms with van der Waals surface area (Å²) in [5.41, 5.74) is 0.845. The predicted molar refractivity (Wildman–Crippen MR) is 147 cm³/mol. The molecule has 1 N–H and O–H groups in total. The number of carboxylic acid groups (broad SMARTS) is 1. The molecule has 0 aliphatic carbocycles. The fourth-order valence-corrected chi connectivity index (χ4v) is 5.43. The molecule has 1 saturated heterocycles. The third-order valence-electron chi connectivity index (χ3n) is 7.59. The molecule has 0 unspecified atom stereocenters. The number of likely N-dealkylation sites (tertiary alicyclic amines) is 1. The first-order chi connectivity index (χ1) is 19.0. The van der Waals surface area contributed by atoms with Gasteiger partial charge in [-0.25, -0.2) is 0 Å². The highest BCUT2D eigenvalue weighted by molar-refractivity contribution is 5.79. The van der Waals surface area contributed by atoms with Gasteiger partial charge in [0.15, 0.2) is 23.0 Å². The summed E-state index contributed by atoms with van der Waals surface area (Å²) in [7, 11) is 1.57. The van der Waals surface area contributed by atoms with Gasteiger partial charge >= 0.3 is 5.97 Å². The van der Waals surface area contributed by atoms with Crippen LogP contribution in [0.5, 0.6) is 23.0 Å². The van der Waals surface area contributed by atoms with Crippen LogP contribution in [0.15, 0.2) is 42.5 Å². The van der Waals surface area contributed by atoms with Gasteiger partial charge in [0.2, 0.25) is 12.7 Å². The molecule has 212 valence electrons. The monoisotopic (exact) mass is 540 g/mol. The summed E-state index contributed by atoms with van der Waals surface area (Å²) in [5.74, 6) is 0.331. The quantitative estimate of drug-likeness (QED) is 0.377. The van der Waals surface area contributed by atoms with E-state index in [2.05, 4.69) is 13.8 Å². The Bertz CT molecular complexity index is 1120. The largest absolute Gasteiger partial charge is 0.493 e. The molecule has 9 nitrogen and oxygen atoms in total. The second kappa shape index (κ2) is 13.6. The normalized spacial score (nSPS) is 20.1. The minimum atomic E-state index is -0.921. The van der Waals surface area contributed by atoms with E-state index in [1.807, 2.05) is 40.1 Å². The Kier molecular flexibility index (Phi) is 9.92. The van der Waals surface area contributed by atoms with E-state index in [0.29, 0.717) is 42.6 Å². The fourth-order valence-electron chi connectivity index (χ4n) is 5.43. The number of carbonyl (C=O) groups is 2. The second-order valence-corrected chi connectivity index (χ2v) is 10.1. The van der Waals surface area contributed by atoms with Crippen LogP contribution in [0.1, 0.15) is 51.0 Å². The Hall–Kier alpha value is -3.46. The number of nitrogens with zero attached hydrogens (tertiary/aromatic N) is 2. The maximum Gasteiger partial charge on any atom is 0.308 e. The van der Waals surface area contributed by atoms with Crippen LogP contribution in [-0.2, 0) is 9.59 Å². The Labute approximate surface area is 230 Å². The van der Waals surface area contributed by atoms with E-state index in [9.17, 15) is 14.7 Å². The van der Waals surface area contributed by atoms with Crippen molar-refractivity contribution in [2.24, 2.45) is 5.92 Å². The van der Waals surface area contributed by atoms with Crippen molar-refractivity contribution in [3.63, 3.8) is 0 Å². The van der Waals surface area contributed by atoms with E-state index in [-0.39, 0.29) is 31.8 Å². The molecule has 39 heavy (non-hydrogen) atoms. The number of carboxylic acids is 1. The molecule has 0 saturated carbocycles. The van der Waals surface area contributed by atoms with Gasteiger partial charge in [-0.05, 0) is 42.7 Å². The lowest BCUT2D eigenvalue weighted by Gasteiger charge is -2.29. The first kappa shape index (κ1) is 28.5. The van der Waals surface area contributed by atoms with Crippen molar-refractivity contribution < 1.29 is 33.6 Å². The lowest BCUT2D eigenvalue weighted by molar-refractivity contribution is -0.144. The first-order valence-electron chi connectivity index (χ1n) is 13.9. The highest BCUT2D eigenvalue weighted by atomic mass is 16.7. The summed E-state index contributed by atoms with van der Waals surface area (Å²) in [4.78, 5) is 30.2. The molecule has 0 aromatic heterocycles. The summed E-state index contributed by atoms with van der Waals surface area (Å²) in [5, 5.41) is 10.4. The van der Waals surface area contributed by atoms with Crippen molar-refractivity contribution in [3.05, 3.63) is 48.0 Å². The minimum Gasteiger partial charge on any atom is -0.493 e. The number of hydrogen-bond donors (Lipinski definition) is 1. The second-order valence-electron chi connectivity index (χ2n) is 10.1. The van der Waals surface area contributed by atoms with Crippen LogP contribution in [0.4, 0.5) is 0 Å². The smallest absolute Gasteiger partial charge is 0.308 e. The van der Waals surface area contributed by atoms with E-state index in [0.717, 1.165) is 31.2 Å². The number of methoxy groups -OCH3 is 1. The van der Waals surface area contributed by atoms with Gasteiger partial charge in [-0.1, -0.05) is 44.9 Å². The highest BCUT2D eigenvalue weighted by Crippen LogP contribution is 2.42. The van der Waals surface area contributed by atoms with Crippen LogP contribution in [-0.4, -0.2) is 79.5 Å². The third kappa shape index (κ3) is 6.76. The number of fused-ring (bicyclic) bond motifs is 1. The molecule has 3 atom stereocenters. The van der Waals surface area contributed by atoms with Crippen molar-refractivity contribution in [2.45, 2.75) is 51.5 Å². The molecular weight excluding hydrogens is 500 g/mol. The zero-order valence-electron chi connectivity index (χ0n) is 23.1. The molecule has 2 aromatic carbocycles. The number of para-hydroxylation sites is 2. The maximum absolute atomic E-state index is 13.5. The predicted octanol–water partition coefficient (Wildman–Crippen LogP) is 4.40. The van der Waals surface area contributed by atoms with Crippen LogP contribution in [0, 0.1) is 5.92 Å². The van der Waals surface area contributed by atoms with Crippen molar-refractivity contribution >= 4 is 11.9 Å². The van der Waals surface area contributed by atoms with Crippen LogP contribution in [0.25, 0.3) is 0 Å². The van der Waals surface area contributed by atoms with Gasteiger partial charge < -0.3 is 29.0 Å². The van der Waals surface area contributed by atoms with E-state index >= 15 is 0 Å². The van der Waals surface area contributed by atoms with Crippen LogP contribution in [0.2, 0.25) is 0 Å². The summed E-state index contributed by atoms with van der Waals surface area (Å²) < 4.78 is 22.6. The molecule has 0 spiro atoms. The van der Waals surface area contributed by atoms with Gasteiger partial charge in [-0.3, -0.25) is 14.5 Å². The molecule has 0 radical (unpaired) electrons. The average molecular weight is 541 g/mol. The number of hydrogen-bond acceptors (Lipinski definition) is 7. The van der Waals surface area contributed by atoms with Crippen molar-refractivity contribution in [3.8, 4) is 23.0 Å². The fraction of sp³-hybridized carbons (Fsp3) is 0.533. The summed E-state index contributed by atoms with van der Waals surface area (Å²) in [6.45, 7) is 6.45. The Balaban J connectivity index is 1.61. The zero-order chi connectivity index (χ0) is 27.8. The van der Waals surface area contributed by atoms with E-state index < -0.39 is 17.9 Å². The summed E-state index contributed by atoms with van der Waals surface area (Å²) >= 11 is 0.